The second kappa shape index (κ2) is 16.5. The van der Waals surface area contributed by atoms with Crippen LogP contribution in [0.4, 0.5) is 18.0 Å². The largest absolute Gasteiger partial charge is 0.573 e. The summed E-state index contributed by atoms with van der Waals surface area (Å²) in [5.41, 5.74) is 0.774. The first-order valence-electron chi connectivity index (χ1n) is 13.2. The molecule has 0 aromatic heterocycles. The molecule has 0 saturated heterocycles. The summed E-state index contributed by atoms with van der Waals surface area (Å²) in [6.07, 6.45) is -5.55. The van der Waals surface area contributed by atoms with Gasteiger partial charge in [0, 0.05) is 24.5 Å². The third kappa shape index (κ3) is 11.9. The van der Waals surface area contributed by atoms with Crippen molar-refractivity contribution in [2.45, 2.75) is 37.1 Å². The number of hydrogen-bond donors (Lipinski definition) is 1. The molecular weight excluding hydrogens is 575 g/mol. The van der Waals surface area contributed by atoms with E-state index in [9.17, 15) is 27.9 Å². The van der Waals surface area contributed by atoms with Gasteiger partial charge in [-0.05, 0) is 73.2 Å². The molecule has 1 unspecified atom stereocenters. The van der Waals surface area contributed by atoms with Crippen LogP contribution in [0.5, 0.6) is 17.2 Å². The van der Waals surface area contributed by atoms with Gasteiger partial charge in [0.15, 0.2) is 6.10 Å². The monoisotopic (exact) mass is 607 g/mol. The molecule has 1 amide bonds. The Kier molecular flexibility index (Phi) is 12.8. The highest BCUT2D eigenvalue weighted by molar-refractivity contribution is 7.99. The van der Waals surface area contributed by atoms with Crippen LogP contribution in [0.15, 0.2) is 83.8 Å². The van der Waals surface area contributed by atoms with E-state index in [0.29, 0.717) is 25.3 Å². The van der Waals surface area contributed by atoms with Gasteiger partial charge in [0.2, 0.25) is 0 Å². The van der Waals surface area contributed by atoms with Crippen molar-refractivity contribution >= 4 is 23.8 Å². The molecule has 0 aliphatic heterocycles. The van der Waals surface area contributed by atoms with Crippen LogP contribution in [0.1, 0.15) is 18.9 Å². The quantitative estimate of drug-likeness (QED) is 0.142. The lowest BCUT2D eigenvalue weighted by Gasteiger charge is -2.22. The molecule has 1 N–H and O–H groups in total. The van der Waals surface area contributed by atoms with Gasteiger partial charge in [-0.2, -0.15) is 0 Å². The van der Waals surface area contributed by atoms with E-state index in [1.807, 2.05) is 30.3 Å². The molecule has 0 aliphatic carbocycles. The van der Waals surface area contributed by atoms with Crippen molar-refractivity contribution in [3.8, 4) is 17.2 Å². The number of alkyl halides is 3. The van der Waals surface area contributed by atoms with Gasteiger partial charge in [0.1, 0.15) is 23.9 Å². The Balaban J connectivity index is 1.56. The minimum Gasteiger partial charge on any atom is -0.492 e. The average molecular weight is 608 g/mol. The standard InChI is InChI=1S/C30H32F3NO7S/c1-2-38-27(28(35)36)21-22-9-11-23(12-10-22)39-19-18-34(17-6-20-42-26-7-4-3-5-8-26)29(37)40-24-13-15-25(16-14-24)41-30(31,32)33/h3-5,7-16,27H,2,6,17-21H2,1H3,(H,35,36). The summed E-state index contributed by atoms with van der Waals surface area (Å²) in [6, 6.07) is 21.3. The maximum Gasteiger partial charge on any atom is 0.573 e. The number of carboxylic acids is 1. The predicted molar refractivity (Wildman–Crippen MR) is 151 cm³/mol. The Morgan fingerprint density at radius 3 is 2.17 bits per heavy atom. The smallest absolute Gasteiger partial charge is 0.492 e. The first-order valence-corrected chi connectivity index (χ1v) is 14.2. The van der Waals surface area contributed by atoms with Crippen molar-refractivity contribution in [2.24, 2.45) is 0 Å². The summed E-state index contributed by atoms with van der Waals surface area (Å²) in [5.74, 6) is -0.0972. The Morgan fingerprint density at radius 2 is 1.55 bits per heavy atom. The van der Waals surface area contributed by atoms with Crippen LogP contribution >= 0.6 is 11.8 Å². The Morgan fingerprint density at radius 1 is 0.905 bits per heavy atom. The molecule has 0 aliphatic rings. The Labute approximate surface area is 246 Å². The van der Waals surface area contributed by atoms with Crippen LogP contribution in [0.25, 0.3) is 0 Å². The van der Waals surface area contributed by atoms with E-state index in [-0.39, 0.29) is 25.3 Å². The summed E-state index contributed by atoms with van der Waals surface area (Å²) in [4.78, 5) is 26.9. The van der Waals surface area contributed by atoms with Crippen molar-refractivity contribution in [3.05, 3.63) is 84.4 Å². The zero-order valence-corrected chi connectivity index (χ0v) is 23.7. The fourth-order valence-electron chi connectivity index (χ4n) is 3.76. The molecule has 0 fully saturated rings. The van der Waals surface area contributed by atoms with Gasteiger partial charge in [-0.25, -0.2) is 9.59 Å². The van der Waals surface area contributed by atoms with Crippen molar-refractivity contribution in [1.82, 2.24) is 4.90 Å². The predicted octanol–water partition coefficient (Wildman–Crippen LogP) is 6.68. The summed E-state index contributed by atoms with van der Waals surface area (Å²) < 4.78 is 57.6. The highest BCUT2D eigenvalue weighted by Crippen LogP contribution is 2.25. The number of benzene rings is 3. The van der Waals surface area contributed by atoms with Crippen LogP contribution in [0.2, 0.25) is 0 Å². The van der Waals surface area contributed by atoms with Crippen LogP contribution in [0, 0.1) is 0 Å². The van der Waals surface area contributed by atoms with Crippen LogP contribution in [0.3, 0.4) is 0 Å². The minimum absolute atomic E-state index is 0.0707. The van der Waals surface area contributed by atoms with Crippen molar-refractivity contribution in [2.75, 3.05) is 32.1 Å². The van der Waals surface area contributed by atoms with Gasteiger partial charge in [-0.1, -0.05) is 30.3 Å². The number of rotatable bonds is 16. The number of halogens is 3. The summed E-state index contributed by atoms with van der Waals surface area (Å²) >= 11 is 1.65. The highest BCUT2D eigenvalue weighted by atomic mass is 32.2. The maximum atomic E-state index is 13.0. The van der Waals surface area contributed by atoms with E-state index in [1.54, 1.807) is 43.0 Å². The number of ether oxygens (including phenoxy) is 4. The lowest BCUT2D eigenvalue weighted by molar-refractivity contribution is -0.274. The lowest BCUT2D eigenvalue weighted by Crippen LogP contribution is -2.37. The second-order valence-corrected chi connectivity index (χ2v) is 10.0. The van der Waals surface area contributed by atoms with Crippen LogP contribution in [-0.4, -0.2) is 66.6 Å². The Hall–Kier alpha value is -3.90. The first kappa shape index (κ1) is 32.6. The number of carboxylic acid groups (broad SMARTS) is 1. The number of amides is 1. The van der Waals surface area contributed by atoms with Gasteiger partial charge in [-0.15, -0.1) is 24.9 Å². The van der Waals surface area contributed by atoms with Gasteiger partial charge in [0.05, 0.1) is 6.54 Å². The lowest BCUT2D eigenvalue weighted by atomic mass is 10.1. The van der Waals surface area contributed by atoms with Crippen LogP contribution < -0.4 is 14.2 Å². The third-order valence-corrected chi connectivity index (χ3v) is 6.82. The van der Waals surface area contributed by atoms with E-state index >= 15 is 0 Å². The first-order chi connectivity index (χ1) is 20.1. The van der Waals surface area contributed by atoms with Crippen molar-refractivity contribution in [3.63, 3.8) is 0 Å². The van der Waals surface area contributed by atoms with Gasteiger partial charge < -0.3 is 29.0 Å². The molecule has 0 saturated carbocycles. The average Bonchev–Trinajstić information content (AvgIpc) is 2.95. The molecule has 42 heavy (non-hydrogen) atoms. The third-order valence-electron chi connectivity index (χ3n) is 5.72. The number of carbonyl (C=O) groups is 2. The molecule has 0 radical (unpaired) electrons. The molecule has 0 heterocycles. The summed E-state index contributed by atoms with van der Waals surface area (Å²) in [6.45, 7) is 2.73. The number of hydrogen-bond acceptors (Lipinski definition) is 7. The molecule has 0 bridgehead atoms. The summed E-state index contributed by atoms with van der Waals surface area (Å²) in [5, 5.41) is 9.27. The topological polar surface area (TPSA) is 94.5 Å². The zero-order chi connectivity index (χ0) is 30.4. The number of aliphatic carboxylic acids is 1. The Bertz CT molecular complexity index is 1240. The van der Waals surface area contributed by atoms with Crippen molar-refractivity contribution in [1.29, 1.82) is 0 Å². The molecule has 8 nitrogen and oxygen atoms in total. The molecule has 1 atom stereocenters. The van der Waals surface area contributed by atoms with Gasteiger partial charge >= 0.3 is 18.4 Å². The fraction of sp³-hybridized carbons (Fsp3) is 0.333. The molecule has 0 spiro atoms. The molecule has 12 heteroatoms. The van der Waals surface area contributed by atoms with Gasteiger partial charge in [0.25, 0.3) is 0 Å². The fourth-order valence-corrected chi connectivity index (χ4v) is 4.62. The van der Waals surface area contributed by atoms with E-state index in [1.165, 1.54) is 17.0 Å². The molecule has 3 aromatic carbocycles. The minimum atomic E-state index is -4.82. The van der Waals surface area contributed by atoms with E-state index in [2.05, 4.69) is 4.74 Å². The normalized spacial score (nSPS) is 11.9. The number of carbonyl (C=O) groups excluding carboxylic acids is 1. The highest BCUT2D eigenvalue weighted by Gasteiger charge is 2.31. The molecule has 3 aromatic rings. The maximum absolute atomic E-state index is 13.0. The number of nitrogens with zero attached hydrogens (tertiary/aromatic N) is 1. The van der Waals surface area contributed by atoms with E-state index in [4.69, 9.17) is 14.2 Å². The van der Waals surface area contributed by atoms with Crippen LogP contribution in [-0.2, 0) is 16.0 Å². The van der Waals surface area contributed by atoms with Gasteiger partial charge in [-0.3, -0.25) is 0 Å². The molecule has 3 rings (SSSR count). The molecular formula is C30H32F3NO7S. The number of thioether (sulfide) groups is 1. The molecule has 226 valence electrons. The van der Waals surface area contributed by atoms with E-state index < -0.39 is 30.3 Å². The summed E-state index contributed by atoms with van der Waals surface area (Å²) in [7, 11) is 0. The van der Waals surface area contributed by atoms with E-state index in [0.717, 1.165) is 28.3 Å². The van der Waals surface area contributed by atoms with Crippen molar-refractivity contribution < 1.29 is 46.8 Å². The SMILES string of the molecule is CCOC(Cc1ccc(OCCN(CCCSc2ccccc2)C(=O)Oc2ccc(OC(F)(F)F)cc2)cc1)C(=O)O. The zero-order valence-electron chi connectivity index (χ0n) is 22.9. The second-order valence-electron chi connectivity index (χ2n) is 8.87.